The molecule has 5 rings (SSSR count). The molecule has 0 bridgehead atoms. The Morgan fingerprint density at radius 3 is 2.36 bits per heavy atom. The summed E-state index contributed by atoms with van der Waals surface area (Å²) in [7, 11) is 0. The molecule has 5 aromatic rings. The van der Waals surface area contributed by atoms with E-state index in [1.54, 1.807) is 17.0 Å². The molecule has 0 saturated carbocycles. The van der Waals surface area contributed by atoms with Crippen molar-refractivity contribution in [3.05, 3.63) is 119 Å². The van der Waals surface area contributed by atoms with Gasteiger partial charge in [0.15, 0.2) is 5.69 Å². The number of fused-ring (bicyclic) bond motifs is 1. The number of hydrazone groups is 1. The van der Waals surface area contributed by atoms with Gasteiger partial charge in [0.2, 0.25) is 0 Å². The van der Waals surface area contributed by atoms with Crippen LogP contribution in [0.15, 0.2) is 113 Å². The van der Waals surface area contributed by atoms with Crippen LogP contribution in [0.3, 0.4) is 0 Å². The number of nitrogens with one attached hydrogen (secondary N) is 1. The Morgan fingerprint density at radius 1 is 0.848 bits per heavy atom. The zero-order valence-electron chi connectivity index (χ0n) is 17.5. The first-order valence-corrected chi connectivity index (χ1v) is 11.2. The number of nitrogens with zero attached hydrogens (tertiary/aromatic N) is 3. The van der Waals surface area contributed by atoms with Gasteiger partial charge in [-0.15, -0.1) is 0 Å². The van der Waals surface area contributed by atoms with Gasteiger partial charge in [0.1, 0.15) is 0 Å². The average Bonchev–Trinajstić information content (AvgIpc) is 3.31. The fourth-order valence-corrected chi connectivity index (χ4v) is 3.85. The molecular weight excluding hydrogens is 476 g/mol. The van der Waals surface area contributed by atoms with Crippen LogP contribution in [0.4, 0.5) is 0 Å². The number of carbonyl (C=O) groups is 1. The smallest absolute Gasteiger partial charge is 0.265 e. The van der Waals surface area contributed by atoms with E-state index in [-0.39, 0.29) is 11.6 Å². The van der Waals surface area contributed by atoms with Crippen molar-refractivity contribution in [1.29, 1.82) is 0 Å². The van der Waals surface area contributed by atoms with E-state index in [4.69, 9.17) is 0 Å². The van der Waals surface area contributed by atoms with Crippen molar-refractivity contribution in [3.63, 3.8) is 0 Å². The van der Waals surface area contributed by atoms with E-state index in [9.17, 15) is 4.79 Å². The molecule has 160 valence electrons. The molecule has 0 unspecified atom stereocenters. The van der Waals surface area contributed by atoms with E-state index < -0.39 is 0 Å². The van der Waals surface area contributed by atoms with Crippen molar-refractivity contribution in [2.24, 2.45) is 5.10 Å². The molecule has 0 saturated heterocycles. The van der Waals surface area contributed by atoms with Gasteiger partial charge >= 0.3 is 0 Å². The number of carbonyl (C=O) groups excluding carboxylic acids is 1. The van der Waals surface area contributed by atoms with Gasteiger partial charge in [-0.3, -0.25) is 4.79 Å². The van der Waals surface area contributed by atoms with Crippen LogP contribution in [0.25, 0.3) is 27.7 Å². The second-order valence-electron chi connectivity index (χ2n) is 7.47. The molecule has 1 N–H and O–H groups in total. The van der Waals surface area contributed by atoms with Crippen molar-refractivity contribution in [3.8, 4) is 16.9 Å². The Kier molecular flexibility index (Phi) is 5.83. The lowest BCUT2D eigenvalue weighted by Gasteiger charge is -2.08. The number of para-hydroxylation sites is 1. The number of rotatable bonds is 5. The second-order valence-corrected chi connectivity index (χ2v) is 8.39. The fourth-order valence-electron chi connectivity index (χ4n) is 3.58. The summed E-state index contributed by atoms with van der Waals surface area (Å²) in [6.07, 6.45) is 1.60. The molecule has 5 nitrogen and oxygen atoms in total. The van der Waals surface area contributed by atoms with Crippen molar-refractivity contribution in [1.82, 2.24) is 15.2 Å². The van der Waals surface area contributed by atoms with Crippen molar-refractivity contribution >= 4 is 38.8 Å². The predicted octanol–water partition coefficient (Wildman–Crippen LogP) is 6.22. The van der Waals surface area contributed by atoms with Crippen LogP contribution in [0.5, 0.6) is 0 Å². The maximum absolute atomic E-state index is 12.8. The molecule has 0 radical (unpaired) electrons. The minimum atomic E-state index is -0.375. The van der Waals surface area contributed by atoms with E-state index in [1.807, 2.05) is 72.8 Å². The number of amides is 1. The van der Waals surface area contributed by atoms with E-state index >= 15 is 0 Å². The summed E-state index contributed by atoms with van der Waals surface area (Å²) in [4.78, 5) is 12.8. The lowest BCUT2D eigenvalue weighted by molar-refractivity contribution is 0.0949. The topological polar surface area (TPSA) is 59.3 Å². The minimum absolute atomic E-state index is 0.287. The summed E-state index contributed by atoms with van der Waals surface area (Å²) in [5.74, 6) is -0.375. The molecular formula is C27H19BrN4O. The molecule has 0 fully saturated rings. The fraction of sp³-hybridized carbons (Fsp3) is 0. The Bertz CT molecular complexity index is 1460. The van der Waals surface area contributed by atoms with Crippen LogP contribution in [-0.4, -0.2) is 21.9 Å². The summed E-state index contributed by atoms with van der Waals surface area (Å²) in [5, 5.41) is 11.0. The average molecular weight is 495 g/mol. The molecule has 0 atom stereocenters. The Hall–Kier alpha value is -4.03. The third kappa shape index (κ3) is 4.61. The van der Waals surface area contributed by atoms with Gasteiger partial charge in [0.25, 0.3) is 5.91 Å². The summed E-state index contributed by atoms with van der Waals surface area (Å²) in [5.41, 5.74) is 6.42. The van der Waals surface area contributed by atoms with Gasteiger partial charge in [-0.1, -0.05) is 82.7 Å². The summed E-state index contributed by atoms with van der Waals surface area (Å²) >= 11 is 3.40. The minimum Gasteiger partial charge on any atom is -0.265 e. The van der Waals surface area contributed by atoms with Crippen molar-refractivity contribution in [2.75, 3.05) is 0 Å². The molecule has 0 aliphatic carbocycles. The third-order valence-electron chi connectivity index (χ3n) is 5.24. The summed E-state index contributed by atoms with van der Waals surface area (Å²) in [6.45, 7) is 0. The molecule has 1 aromatic heterocycles. The normalized spacial score (nSPS) is 11.2. The molecule has 6 heteroatoms. The molecule has 0 spiro atoms. The predicted molar refractivity (Wildman–Crippen MR) is 136 cm³/mol. The molecule has 1 heterocycles. The SMILES string of the molecule is O=C(N/N=C\c1ccc(Br)cc1)c1cc(-c2ccc3ccccc3c2)n(-c2ccccc2)n1. The number of hydrogen-bond donors (Lipinski definition) is 1. The van der Waals surface area contributed by atoms with Crippen LogP contribution in [0, 0.1) is 0 Å². The number of halogens is 1. The first-order valence-electron chi connectivity index (χ1n) is 10.4. The second kappa shape index (κ2) is 9.22. The van der Waals surface area contributed by atoms with Crippen LogP contribution >= 0.6 is 15.9 Å². The molecule has 0 aliphatic rings. The highest BCUT2D eigenvalue weighted by Crippen LogP contribution is 2.27. The van der Waals surface area contributed by atoms with Gasteiger partial charge in [-0.05, 0) is 52.7 Å². The monoisotopic (exact) mass is 494 g/mol. The number of hydrogen-bond acceptors (Lipinski definition) is 3. The zero-order chi connectivity index (χ0) is 22.6. The number of aromatic nitrogens is 2. The molecule has 4 aromatic carbocycles. The maximum Gasteiger partial charge on any atom is 0.291 e. The van der Waals surface area contributed by atoms with Crippen molar-refractivity contribution < 1.29 is 4.79 Å². The zero-order valence-corrected chi connectivity index (χ0v) is 19.1. The largest absolute Gasteiger partial charge is 0.291 e. The first-order chi connectivity index (χ1) is 16.2. The number of benzene rings is 4. The van der Waals surface area contributed by atoms with Crippen LogP contribution < -0.4 is 5.43 Å². The van der Waals surface area contributed by atoms with Crippen molar-refractivity contribution in [2.45, 2.75) is 0 Å². The van der Waals surface area contributed by atoms with Gasteiger partial charge in [0.05, 0.1) is 17.6 Å². The van der Waals surface area contributed by atoms with Crippen LogP contribution in [0.2, 0.25) is 0 Å². The Labute approximate surface area is 199 Å². The van der Waals surface area contributed by atoms with E-state index in [0.717, 1.165) is 37.8 Å². The third-order valence-corrected chi connectivity index (χ3v) is 5.77. The Balaban J connectivity index is 1.48. The molecule has 1 amide bonds. The standard InChI is InChI=1S/C27H19BrN4O/c28-23-14-10-19(11-15-23)18-29-30-27(33)25-17-26(32(31-25)24-8-2-1-3-9-24)22-13-12-20-6-4-5-7-21(20)16-22/h1-18H,(H,30,33)/b29-18-. The lowest BCUT2D eigenvalue weighted by atomic mass is 10.0. The summed E-state index contributed by atoms with van der Waals surface area (Å²) in [6, 6.07) is 33.6. The van der Waals surface area contributed by atoms with E-state index in [2.05, 4.69) is 55.8 Å². The quantitative estimate of drug-likeness (QED) is 0.233. The Morgan fingerprint density at radius 2 is 1.58 bits per heavy atom. The highest BCUT2D eigenvalue weighted by Gasteiger charge is 2.17. The van der Waals surface area contributed by atoms with E-state index in [1.165, 1.54) is 0 Å². The first kappa shape index (κ1) is 20.8. The van der Waals surface area contributed by atoms with Gasteiger partial charge in [0, 0.05) is 10.0 Å². The van der Waals surface area contributed by atoms with Gasteiger partial charge in [-0.25, -0.2) is 10.1 Å². The van der Waals surface area contributed by atoms with E-state index in [0.29, 0.717) is 0 Å². The highest BCUT2D eigenvalue weighted by atomic mass is 79.9. The van der Waals surface area contributed by atoms with Gasteiger partial charge < -0.3 is 0 Å². The van der Waals surface area contributed by atoms with Gasteiger partial charge in [-0.2, -0.15) is 10.2 Å². The highest BCUT2D eigenvalue weighted by molar-refractivity contribution is 9.10. The lowest BCUT2D eigenvalue weighted by Crippen LogP contribution is -2.18. The molecule has 33 heavy (non-hydrogen) atoms. The maximum atomic E-state index is 12.8. The van der Waals surface area contributed by atoms with Crippen LogP contribution in [-0.2, 0) is 0 Å². The van der Waals surface area contributed by atoms with Crippen LogP contribution in [0.1, 0.15) is 16.1 Å². The molecule has 0 aliphatic heterocycles. The summed E-state index contributed by atoms with van der Waals surface area (Å²) < 4.78 is 2.77.